The van der Waals surface area contributed by atoms with E-state index in [4.69, 9.17) is 4.74 Å². The average molecular weight is 535 g/mol. The number of halogens is 1. The van der Waals surface area contributed by atoms with Gasteiger partial charge in [0.25, 0.3) is 0 Å². The third-order valence-corrected chi connectivity index (χ3v) is 6.75. The highest BCUT2D eigenvalue weighted by molar-refractivity contribution is 9.10. The van der Waals surface area contributed by atoms with E-state index in [0.717, 1.165) is 19.9 Å². The van der Waals surface area contributed by atoms with Crippen molar-refractivity contribution in [3.8, 4) is 10.6 Å². The zero-order valence-electron chi connectivity index (χ0n) is 17.5. The summed E-state index contributed by atoms with van der Waals surface area (Å²) in [7, 11) is 1.59. The molecule has 0 aliphatic carbocycles. The Morgan fingerprint density at radius 1 is 1.12 bits per heavy atom. The van der Waals surface area contributed by atoms with Crippen LogP contribution in [-0.4, -0.2) is 59.5 Å². The van der Waals surface area contributed by atoms with Crippen LogP contribution in [0.3, 0.4) is 0 Å². The molecule has 7 nitrogen and oxygen atoms in total. The SMILES string of the molecule is COCCN(CCC(=O)Nc1nnc(-c2cccc(Br)c2)s1)C(=O)CSc1ccccc1. The summed E-state index contributed by atoms with van der Waals surface area (Å²) in [4.78, 5) is 27.8. The van der Waals surface area contributed by atoms with E-state index in [0.29, 0.717) is 30.6 Å². The van der Waals surface area contributed by atoms with Crippen molar-refractivity contribution in [2.45, 2.75) is 11.3 Å². The molecular formula is C22H23BrN4O3S2. The molecule has 10 heteroatoms. The highest BCUT2D eigenvalue weighted by atomic mass is 79.9. The van der Waals surface area contributed by atoms with Gasteiger partial charge in [-0.2, -0.15) is 0 Å². The molecule has 0 aliphatic rings. The molecule has 0 saturated heterocycles. The first-order chi connectivity index (χ1) is 15.5. The summed E-state index contributed by atoms with van der Waals surface area (Å²) in [6, 6.07) is 17.5. The molecule has 0 unspecified atom stereocenters. The largest absolute Gasteiger partial charge is 0.383 e. The monoisotopic (exact) mass is 534 g/mol. The molecule has 0 aliphatic heterocycles. The van der Waals surface area contributed by atoms with Crippen molar-refractivity contribution < 1.29 is 14.3 Å². The quantitative estimate of drug-likeness (QED) is 0.363. The van der Waals surface area contributed by atoms with Crippen LogP contribution < -0.4 is 5.32 Å². The van der Waals surface area contributed by atoms with Crippen LogP contribution in [0.1, 0.15) is 6.42 Å². The molecule has 0 radical (unpaired) electrons. The lowest BCUT2D eigenvalue weighted by Gasteiger charge is -2.22. The molecule has 0 bridgehead atoms. The summed E-state index contributed by atoms with van der Waals surface area (Å²) in [6.07, 6.45) is 0.164. The maximum absolute atomic E-state index is 12.7. The van der Waals surface area contributed by atoms with Crippen molar-refractivity contribution >= 4 is 56.0 Å². The highest BCUT2D eigenvalue weighted by Crippen LogP contribution is 2.28. The number of carbonyl (C=O) groups is 2. The van der Waals surface area contributed by atoms with Crippen molar-refractivity contribution in [2.24, 2.45) is 0 Å². The van der Waals surface area contributed by atoms with Gasteiger partial charge in [-0.05, 0) is 24.3 Å². The number of nitrogens with one attached hydrogen (secondary N) is 1. The number of anilines is 1. The molecule has 3 rings (SSSR count). The number of nitrogens with zero attached hydrogens (tertiary/aromatic N) is 3. The molecule has 1 N–H and O–H groups in total. The minimum Gasteiger partial charge on any atom is -0.383 e. The van der Waals surface area contributed by atoms with Crippen LogP contribution in [0.5, 0.6) is 0 Å². The van der Waals surface area contributed by atoms with Crippen LogP contribution in [0.25, 0.3) is 10.6 Å². The fourth-order valence-electron chi connectivity index (χ4n) is 2.75. The van der Waals surface area contributed by atoms with E-state index in [9.17, 15) is 9.59 Å². The predicted octanol–water partition coefficient (Wildman–Crippen LogP) is 4.56. The second-order valence-electron chi connectivity index (χ2n) is 6.70. The van der Waals surface area contributed by atoms with Gasteiger partial charge in [-0.25, -0.2) is 0 Å². The lowest BCUT2D eigenvalue weighted by Crippen LogP contribution is -2.37. The first-order valence-corrected chi connectivity index (χ1v) is 12.5. The van der Waals surface area contributed by atoms with E-state index < -0.39 is 0 Å². The Morgan fingerprint density at radius 2 is 1.94 bits per heavy atom. The van der Waals surface area contributed by atoms with Gasteiger partial charge in [0.2, 0.25) is 16.9 Å². The van der Waals surface area contributed by atoms with E-state index >= 15 is 0 Å². The van der Waals surface area contributed by atoms with Crippen LogP contribution in [0, 0.1) is 0 Å². The maximum atomic E-state index is 12.7. The fourth-order valence-corrected chi connectivity index (χ4v) is 4.72. The van der Waals surface area contributed by atoms with E-state index in [2.05, 4.69) is 31.4 Å². The minimum atomic E-state index is -0.215. The van der Waals surface area contributed by atoms with Gasteiger partial charge in [-0.15, -0.1) is 22.0 Å². The smallest absolute Gasteiger partial charge is 0.233 e. The van der Waals surface area contributed by atoms with E-state index in [1.807, 2.05) is 54.6 Å². The zero-order chi connectivity index (χ0) is 22.8. The number of methoxy groups -OCH3 is 1. The summed E-state index contributed by atoms with van der Waals surface area (Å²) in [6.45, 7) is 1.15. The third kappa shape index (κ3) is 7.70. The summed E-state index contributed by atoms with van der Waals surface area (Å²) in [5, 5.41) is 12.1. The lowest BCUT2D eigenvalue weighted by atomic mass is 10.2. The predicted molar refractivity (Wildman–Crippen MR) is 132 cm³/mol. The van der Waals surface area contributed by atoms with Gasteiger partial charge >= 0.3 is 0 Å². The Hall–Kier alpha value is -2.27. The van der Waals surface area contributed by atoms with Gasteiger partial charge < -0.3 is 15.0 Å². The number of aromatic nitrogens is 2. The molecule has 168 valence electrons. The van der Waals surface area contributed by atoms with Crippen molar-refractivity contribution in [1.82, 2.24) is 15.1 Å². The van der Waals surface area contributed by atoms with Gasteiger partial charge in [0.1, 0.15) is 5.01 Å². The second kappa shape index (κ2) is 12.7. The Balaban J connectivity index is 1.51. The molecule has 0 saturated carbocycles. The molecule has 1 heterocycles. The average Bonchev–Trinajstić information content (AvgIpc) is 3.26. The number of ether oxygens (including phenoxy) is 1. The Kier molecular flexibility index (Phi) is 9.66. The fraction of sp³-hybridized carbons (Fsp3) is 0.273. The minimum absolute atomic E-state index is 0.0310. The summed E-state index contributed by atoms with van der Waals surface area (Å²) < 4.78 is 6.07. The molecule has 32 heavy (non-hydrogen) atoms. The van der Waals surface area contributed by atoms with Gasteiger partial charge in [0.05, 0.1) is 12.4 Å². The summed E-state index contributed by atoms with van der Waals surface area (Å²) >= 11 is 6.22. The second-order valence-corrected chi connectivity index (χ2v) is 9.64. The van der Waals surface area contributed by atoms with Gasteiger partial charge in [-0.3, -0.25) is 9.59 Å². The number of rotatable bonds is 11. The molecular weight excluding hydrogens is 512 g/mol. The van der Waals surface area contributed by atoms with Crippen molar-refractivity contribution in [3.63, 3.8) is 0 Å². The van der Waals surface area contributed by atoms with Crippen LogP contribution in [0.4, 0.5) is 5.13 Å². The van der Waals surface area contributed by atoms with Gasteiger partial charge in [0.15, 0.2) is 0 Å². The zero-order valence-corrected chi connectivity index (χ0v) is 20.7. The van der Waals surface area contributed by atoms with Crippen molar-refractivity contribution in [3.05, 3.63) is 59.1 Å². The molecule has 2 aromatic carbocycles. The standard InChI is InChI=1S/C22H23BrN4O3S2/c1-30-13-12-27(20(29)15-31-18-8-3-2-4-9-18)11-10-19(28)24-22-26-25-21(32-22)16-6-5-7-17(23)14-16/h2-9,14H,10-13,15H2,1H3,(H,24,26,28). The molecule has 2 amide bonds. The van der Waals surface area contributed by atoms with Gasteiger partial charge in [-0.1, -0.05) is 57.6 Å². The Labute approximate surface area is 203 Å². The third-order valence-electron chi connectivity index (χ3n) is 4.38. The van der Waals surface area contributed by atoms with Crippen LogP contribution in [-0.2, 0) is 14.3 Å². The lowest BCUT2D eigenvalue weighted by molar-refractivity contribution is -0.129. The topological polar surface area (TPSA) is 84.4 Å². The molecule has 1 aromatic heterocycles. The summed E-state index contributed by atoms with van der Waals surface area (Å²) in [5.41, 5.74) is 0.921. The van der Waals surface area contributed by atoms with E-state index in [1.165, 1.54) is 23.1 Å². The Morgan fingerprint density at radius 3 is 2.69 bits per heavy atom. The Bertz CT molecular complexity index is 1030. The first-order valence-electron chi connectivity index (χ1n) is 9.89. The van der Waals surface area contributed by atoms with Crippen LogP contribution in [0.15, 0.2) is 64.0 Å². The van der Waals surface area contributed by atoms with Gasteiger partial charge in [0, 0.05) is 41.6 Å². The first kappa shape index (κ1) is 24.4. The number of amides is 2. The van der Waals surface area contributed by atoms with Crippen LogP contribution >= 0.6 is 39.0 Å². The van der Waals surface area contributed by atoms with Crippen LogP contribution in [0.2, 0.25) is 0 Å². The highest BCUT2D eigenvalue weighted by Gasteiger charge is 2.16. The maximum Gasteiger partial charge on any atom is 0.233 e. The summed E-state index contributed by atoms with van der Waals surface area (Å²) in [5.74, 6) is 0.0614. The molecule has 0 spiro atoms. The van der Waals surface area contributed by atoms with E-state index in [-0.39, 0.29) is 18.2 Å². The number of thioether (sulfide) groups is 1. The molecule has 0 fully saturated rings. The van der Waals surface area contributed by atoms with Crippen molar-refractivity contribution in [2.75, 3.05) is 37.9 Å². The number of hydrogen-bond donors (Lipinski definition) is 1. The number of carbonyl (C=O) groups excluding carboxylic acids is 2. The number of benzene rings is 2. The molecule has 3 aromatic rings. The number of hydrogen-bond acceptors (Lipinski definition) is 7. The van der Waals surface area contributed by atoms with Crippen molar-refractivity contribution in [1.29, 1.82) is 0 Å². The molecule has 0 atom stereocenters. The van der Waals surface area contributed by atoms with E-state index in [1.54, 1.807) is 12.0 Å². The normalized spacial score (nSPS) is 10.7.